The number of hydrogen-bond acceptors (Lipinski definition) is 7. The van der Waals surface area contributed by atoms with Crippen molar-refractivity contribution in [2.24, 2.45) is 5.92 Å². The largest absolute Gasteiger partial charge is 0.338 e. The molecule has 0 aromatic carbocycles. The van der Waals surface area contributed by atoms with Crippen LogP contribution in [0.2, 0.25) is 0 Å². The minimum absolute atomic E-state index is 0.156. The summed E-state index contributed by atoms with van der Waals surface area (Å²) in [6.45, 7) is 3.58. The van der Waals surface area contributed by atoms with E-state index in [1.165, 1.54) is 0 Å². The minimum atomic E-state index is -0.901. The molecule has 2 atom stereocenters. The summed E-state index contributed by atoms with van der Waals surface area (Å²) in [5, 5.41) is 0. The highest BCUT2D eigenvalue weighted by atomic mass is 16.2. The smallest absolute Gasteiger partial charge is 0.334 e. The zero-order valence-corrected chi connectivity index (χ0v) is 17.1. The van der Waals surface area contributed by atoms with E-state index < -0.39 is 24.4 Å². The number of anilines is 1. The summed E-state index contributed by atoms with van der Waals surface area (Å²) in [5.41, 5.74) is 0. The Morgan fingerprint density at radius 1 is 1.00 bits per heavy atom. The molecule has 30 heavy (non-hydrogen) atoms. The molecule has 10 nitrogen and oxygen atoms in total. The number of hydrogen-bond donors (Lipinski definition) is 0. The van der Waals surface area contributed by atoms with Gasteiger partial charge in [-0.25, -0.2) is 19.7 Å². The predicted molar refractivity (Wildman–Crippen MR) is 106 cm³/mol. The van der Waals surface area contributed by atoms with Crippen molar-refractivity contribution in [3.63, 3.8) is 0 Å². The van der Waals surface area contributed by atoms with E-state index in [2.05, 4.69) is 9.97 Å². The van der Waals surface area contributed by atoms with Gasteiger partial charge in [-0.05, 0) is 24.8 Å². The van der Waals surface area contributed by atoms with Crippen LogP contribution in [-0.2, 0) is 14.4 Å². The van der Waals surface area contributed by atoms with Gasteiger partial charge in [-0.15, -0.1) is 0 Å². The van der Waals surface area contributed by atoms with Gasteiger partial charge in [0.05, 0.1) is 0 Å². The molecule has 4 rings (SSSR count). The highest BCUT2D eigenvalue weighted by Crippen LogP contribution is 2.31. The Kier molecular flexibility index (Phi) is 5.65. The molecule has 3 fully saturated rings. The van der Waals surface area contributed by atoms with Gasteiger partial charge in [-0.2, -0.15) is 0 Å². The first-order valence-corrected chi connectivity index (χ1v) is 10.5. The molecule has 0 unspecified atom stereocenters. The van der Waals surface area contributed by atoms with Gasteiger partial charge in [0, 0.05) is 44.6 Å². The molecule has 2 aliphatic heterocycles. The van der Waals surface area contributed by atoms with E-state index in [4.69, 9.17) is 0 Å². The number of amides is 5. The van der Waals surface area contributed by atoms with Crippen molar-refractivity contribution in [3.05, 3.63) is 18.5 Å². The molecule has 1 aromatic rings. The van der Waals surface area contributed by atoms with Crippen LogP contribution in [0, 0.1) is 5.92 Å². The molecule has 0 N–H and O–H groups in total. The first-order chi connectivity index (χ1) is 14.5. The fourth-order valence-corrected chi connectivity index (χ4v) is 4.48. The number of aromatic nitrogens is 2. The topological polar surface area (TPSA) is 107 Å². The van der Waals surface area contributed by atoms with Crippen LogP contribution in [0.25, 0.3) is 0 Å². The number of imide groups is 2. The Labute approximate surface area is 174 Å². The fraction of sp³-hybridized carbons (Fsp3) is 0.600. The lowest BCUT2D eigenvalue weighted by atomic mass is 9.85. The summed E-state index contributed by atoms with van der Waals surface area (Å²) >= 11 is 0. The van der Waals surface area contributed by atoms with Crippen molar-refractivity contribution in [1.82, 2.24) is 24.7 Å². The molecular formula is C20H26N6O4. The average molecular weight is 414 g/mol. The molecule has 3 aliphatic rings. The molecular weight excluding hydrogens is 388 g/mol. The number of piperazine rings is 1. The van der Waals surface area contributed by atoms with Crippen LogP contribution in [-0.4, -0.2) is 87.2 Å². The highest BCUT2D eigenvalue weighted by Gasteiger charge is 2.49. The Hall–Kier alpha value is -3.04. The van der Waals surface area contributed by atoms with E-state index in [1.807, 2.05) is 11.8 Å². The molecule has 3 heterocycles. The minimum Gasteiger partial charge on any atom is -0.338 e. The predicted octanol–water partition coefficient (Wildman–Crippen LogP) is 0.495. The molecule has 160 valence electrons. The second-order valence-corrected chi connectivity index (χ2v) is 8.09. The summed E-state index contributed by atoms with van der Waals surface area (Å²) in [7, 11) is 0. The molecule has 0 spiro atoms. The first-order valence-electron chi connectivity index (χ1n) is 10.5. The standard InChI is InChI=1S/C20H26N6O4/c1-14-5-2-3-6-15(14)26-18(29)17(28)25(20(26)30)13-16(27)23-9-11-24(12-10-23)19-21-7-4-8-22-19/h4,7-8,14-15H,2-3,5-6,9-13H2,1H3/t14-,15+/m0/s1. The van der Waals surface area contributed by atoms with Crippen LogP contribution in [0.4, 0.5) is 10.7 Å². The second kappa shape index (κ2) is 8.37. The molecule has 1 aliphatic carbocycles. The molecule has 2 saturated heterocycles. The molecule has 1 aromatic heterocycles. The number of urea groups is 1. The lowest BCUT2D eigenvalue weighted by Gasteiger charge is -2.35. The normalized spacial score (nSPS) is 25.3. The molecule has 1 saturated carbocycles. The van der Waals surface area contributed by atoms with E-state index in [0.29, 0.717) is 38.5 Å². The van der Waals surface area contributed by atoms with Crippen LogP contribution >= 0.6 is 0 Å². The van der Waals surface area contributed by atoms with E-state index >= 15 is 0 Å². The van der Waals surface area contributed by atoms with Gasteiger partial charge in [0.1, 0.15) is 6.54 Å². The zero-order chi connectivity index (χ0) is 21.3. The molecule has 5 amide bonds. The maximum atomic E-state index is 12.8. The summed E-state index contributed by atoms with van der Waals surface area (Å²) in [5.74, 6) is -1.28. The van der Waals surface area contributed by atoms with Gasteiger partial charge < -0.3 is 9.80 Å². The Bertz CT molecular complexity index is 839. The Morgan fingerprint density at radius 2 is 1.67 bits per heavy atom. The number of carbonyl (C=O) groups excluding carboxylic acids is 4. The molecule has 0 bridgehead atoms. The van der Waals surface area contributed by atoms with E-state index in [9.17, 15) is 19.2 Å². The summed E-state index contributed by atoms with van der Waals surface area (Å²) in [6.07, 6.45) is 6.95. The highest BCUT2D eigenvalue weighted by molar-refractivity contribution is 6.45. The van der Waals surface area contributed by atoms with Crippen molar-refractivity contribution >= 4 is 29.7 Å². The van der Waals surface area contributed by atoms with Gasteiger partial charge in [-0.3, -0.25) is 19.3 Å². The number of carbonyl (C=O) groups is 4. The maximum absolute atomic E-state index is 12.8. The van der Waals surface area contributed by atoms with Crippen LogP contribution in [0.1, 0.15) is 32.6 Å². The monoisotopic (exact) mass is 414 g/mol. The third-order valence-electron chi connectivity index (χ3n) is 6.24. The van der Waals surface area contributed by atoms with Gasteiger partial charge in [-0.1, -0.05) is 19.8 Å². The van der Waals surface area contributed by atoms with E-state index in [0.717, 1.165) is 29.1 Å². The number of nitrogens with zero attached hydrogens (tertiary/aromatic N) is 6. The summed E-state index contributed by atoms with van der Waals surface area (Å²) in [4.78, 5) is 64.4. The third kappa shape index (κ3) is 3.73. The maximum Gasteiger partial charge on any atom is 0.334 e. The van der Waals surface area contributed by atoms with Crippen LogP contribution < -0.4 is 4.90 Å². The second-order valence-electron chi connectivity index (χ2n) is 8.09. The van der Waals surface area contributed by atoms with Crippen molar-refractivity contribution in [2.45, 2.75) is 38.6 Å². The van der Waals surface area contributed by atoms with E-state index in [-0.39, 0.29) is 17.9 Å². The SMILES string of the molecule is C[C@H]1CCCC[C@H]1N1C(=O)C(=O)N(CC(=O)N2CCN(c3ncccn3)CC2)C1=O. The molecule has 0 radical (unpaired) electrons. The Morgan fingerprint density at radius 3 is 2.33 bits per heavy atom. The average Bonchev–Trinajstić information content (AvgIpc) is 2.98. The van der Waals surface area contributed by atoms with Gasteiger partial charge >= 0.3 is 17.8 Å². The van der Waals surface area contributed by atoms with Crippen LogP contribution in [0.15, 0.2) is 18.5 Å². The van der Waals surface area contributed by atoms with Crippen molar-refractivity contribution in [3.8, 4) is 0 Å². The van der Waals surface area contributed by atoms with Gasteiger partial charge in [0.2, 0.25) is 11.9 Å². The zero-order valence-electron chi connectivity index (χ0n) is 17.1. The Balaban J connectivity index is 1.37. The summed E-state index contributed by atoms with van der Waals surface area (Å²) < 4.78 is 0. The summed E-state index contributed by atoms with van der Waals surface area (Å²) in [6, 6.07) is 0.817. The fourth-order valence-electron chi connectivity index (χ4n) is 4.48. The lowest BCUT2D eigenvalue weighted by molar-refractivity contribution is -0.146. The van der Waals surface area contributed by atoms with Crippen LogP contribution in [0.3, 0.4) is 0 Å². The first kappa shape index (κ1) is 20.2. The lowest BCUT2D eigenvalue weighted by Crippen LogP contribution is -2.52. The van der Waals surface area contributed by atoms with Gasteiger partial charge in [0.15, 0.2) is 0 Å². The van der Waals surface area contributed by atoms with Crippen molar-refractivity contribution in [2.75, 3.05) is 37.6 Å². The quantitative estimate of drug-likeness (QED) is 0.521. The van der Waals surface area contributed by atoms with Crippen molar-refractivity contribution in [1.29, 1.82) is 0 Å². The van der Waals surface area contributed by atoms with E-state index in [1.54, 1.807) is 23.4 Å². The molecule has 10 heteroatoms. The van der Waals surface area contributed by atoms with Gasteiger partial charge in [0.25, 0.3) is 0 Å². The third-order valence-corrected chi connectivity index (χ3v) is 6.24. The van der Waals surface area contributed by atoms with Crippen molar-refractivity contribution < 1.29 is 19.2 Å². The van der Waals surface area contributed by atoms with Crippen LogP contribution in [0.5, 0.6) is 0 Å². The number of rotatable bonds is 4.